The predicted molar refractivity (Wildman–Crippen MR) is 86.5 cm³/mol. The van der Waals surface area contributed by atoms with Crippen molar-refractivity contribution >= 4 is 12.0 Å². The quantitative estimate of drug-likeness (QED) is 0.795. The number of carbonyl (C=O) groups excluding carboxylic acids is 2. The van der Waals surface area contributed by atoms with Crippen LogP contribution in [0.2, 0.25) is 0 Å². The first-order valence-corrected chi connectivity index (χ1v) is 8.77. The van der Waals surface area contributed by atoms with Crippen LogP contribution in [0.4, 0.5) is 4.79 Å². The highest BCUT2D eigenvalue weighted by Crippen LogP contribution is 2.39. The van der Waals surface area contributed by atoms with E-state index in [0.717, 1.165) is 18.5 Å². The third-order valence-corrected chi connectivity index (χ3v) is 4.56. The van der Waals surface area contributed by atoms with E-state index in [1.165, 1.54) is 12.8 Å². The smallest absolute Gasteiger partial charge is 0.317 e. The standard InChI is InChI=1S/C16H25N5O3/c1-2-24-15(22)5-8-17-16(23)20-9-6-13(7-10-20)21-11-14(18-19-21)12-3-4-12/h11-13H,2-10H2,1H3,(H,17,23). The number of nitrogens with zero attached hydrogens (tertiary/aromatic N) is 4. The van der Waals surface area contributed by atoms with Gasteiger partial charge in [0.25, 0.3) is 0 Å². The average molecular weight is 335 g/mol. The van der Waals surface area contributed by atoms with Crippen molar-refractivity contribution in [3.8, 4) is 0 Å². The summed E-state index contributed by atoms with van der Waals surface area (Å²) < 4.78 is 6.80. The number of esters is 1. The van der Waals surface area contributed by atoms with Gasteiger partial charge in [-0.1, -0.05) is 5.21 Å². The Morgan fingerprint density at radius 1 is 1.29 bits per heavy atom. The Kier molecular flexibility index (Phi) is 5.32. The molecule has 0 unspecified atom stereocenters. The van der Waals surface area contributed by atoms with E-state index in [0.29, 0.717) is 38.2 Å². The minimum atomic E-state index is -0.283. The fourth-order valence-electron chi connectivity index (χ4n) is 2.98. The molecule has 132 valence electrons. The van der Waals surface area contributed by atoms with Crippen molar-refractivity contribution in [3.63, 3.8) is 0 Å². The Bertz CT molecular complexity index is 576. The molecule has 1 aliphatic heterocycles. The lowest BCUT2D eigenvalue weighted by Gasteiger charge is -2.31. The molecule has 0 bridgehead atoms. The first-order valence-electron chi connectivity index (χ1n) is 8.77. The molecule has 8 heteroatoms. The fourth-order valence-corrected chi connectivity index (χ4v) is 2.98. The minimum absolute atomic E-state index is 0.116. The molecule has 1 saturated carbocycles. The molecule has 1 aliphatic carbocycles. The molecule has 1 N–H and O–H groups in total. The summed E-state index contributed by atoms with van der Waals surface area (Å²) >= 11 is 0. The highest BCUT2D eigenvalue weighted by atomic mass is 16.5. The van der Waals surface area contributed by atoms with Crippen molar-refractivity contribution in [1.82, 2.24) is 25.2 Å². The molecule has 3 rings (SSSR count). The number of rotatable bonds is 6. The summed E-state index contributed by atoms with van der Waals surface area (Å²) in [5.41, 5.74) is 1.11. The Balaban J connectivity index is 1.39. The molecular formula is C16H25N5O3. The van der Waals surface area contributed by atoms with Crippen LogP contribution in [-0.4, -0.2) is 58.1 Å². The number of likely N-dealkylation sites (tertiary alicyclic amines) is 1. The summed E-state index contributed by atoms with van der Waals surface area (Å²) in [6.07, 6.45) is 6.47. The number of ether oxygens (including phenoxy) is 1. The highest BCUT2D eigenvalue weighted by Gasteiger charge is 2.29. The molecule has 0 radical (unpaired) electrons. The minimum Gasteiger partial charge on any atom is -0.466 e. The van der Waals surface area contributed by atoms with Crippen LogP contribution in [0.25, 0.3) is 0 Å². The second kappa shape index (κ2) is 7.63. The van der Waals surface area contributed by atoms with Gasteiger partial charge in [-0.3, -0.25) is 4.79 Å². The van der Waals surface area contributed by atoms with Crippen LogP contribution in [0.3, 0.4) is 0 Å². The first kappa shape index (κ1) is 16.7. The van der Waals surface area contributed by atoms with E-state index >= 15 is 0 Å². The van der Waals surface area contributed by atoms with Gasteiger partial charge in [-0.25, -0.2) is 9.48 Å². The molecule has 2 heterocycles. The van der Waals surface area contributed by atoms with Crippen LogP contribution in [0.5, 0.6) is 0 Å². The van der Waals surface area contributed by atoms with Crippen molar-refractivity contribution in [2.24, 2.45) is 0 Å². The largest absolute Gasteiger partial charge is 0.466 e. The number of piperidine rings is 1. The second-order valence-electron chi connectivity index (χ2n) is 6.40. The molecule has 0 atom stereocenters. The van der Waals surface area contributed by atoms with Gasteiger partial charge in [0, 0.05) is 31.7 Å². The van der Waals surface area contributed by atoms with E-state index < -0.39 is 0 Å². The topological polar surface area (TPSA) is 89.4 Å². The lowest BCUT2D eigenvalue weighted by atomic mass is 10.1. The van der Waals surface area contributed by atoms with Gasteiger partial charge in [-0.2, -0.15) is 0 Å². The van der Waals surface area contributed by atoms with Crippen LogP contribution in [0, 0.1) is 0 Å². The maximum Gasteiger partial charge on any atom is 0.317 e. The molecule has 1 aromatic heterocycles. The first-order chi connectivity index (χ1) is 11.7. The van der Waals surface area contributed by atoms with Crippen molar-refractivity contribution in [2.75, 3.05) is 26.2 Å². The Morgan fingerprint density at radius 2 is 2.04 bits per heavy atom. The number of carbonyl (C=O) groups is 2. The lowest BCUT2D eigenvalue weighted by Crippen LogP contribution is -2.45. The van der Waals surface area contributed by atoms with Gasteiger partial charge in [0.2, 0.25) is 0 Å². The maximum atomic E-state index is 12.1. The van der Waals surface area contributed by atoms with Gasteiger partial charge in [-0.05, 0) is 32.6 Å². The molecule has 2 fully saturated rings. The zero-order valence-electron chi connectivity index (χ0n) is 14.1. The van der Waals surface area contributed by atoms with Crippen molar-refractivity contribution in [2.45, 2.75) is 51.0 Å². The van der Waals surface area contributed by atoms with Crippen molar-refractivity contribution < 1.29 is 14.3 Å². The summed E-state index contributed by atoms with van der Waals surface area (Å²) in [5.74, 6) is 0.332. The van der Waals surface area contributed by atoms with Gasteiger partial charge in [0.15, 0.2) is 0 Å². The molecule has 1 aromatic rings. The van der Waals surface area contributed by atoms with Crippen LogP contribution in [0.1, 0.15) is 56.7 Å². The third kappa shape index (κ3) is 4.24. The number of amides is 2. The molecule has 1 saturated heterocycles. The molecule has 0 aromatic carbocycles. The summed E-state index contributed by atoms with van der Waals surface area (Å²) in [6, 6.07) is 0.198. The number of aromatic nitrogens is 3. The molecule has 8 nitrogen and oxygen atoms in total. The fraction of sp³-hybridized carbons (Fsp3) is 0.750. The van der Waals surface area contributed by atoms with Gasteiger partial charge < -0.3 is 15.0 Å². The number of hydrogen-bond acceptors (Lipinski definition) is 5. The van der Waals surface area contributed by atoms with Gasteiger partial charge in [-0.15, -0.1) is 5.10 Å². The van der Waals surface area contributed by atoms with Crippen molar-refractivity contribution in [1.29, 1.82) is 0 Å². The molecule has 0 spiro atoms. The Morgan fingerprint density at radius 3 is 2.71 bits per heavy atom. The zero-order valence-corrected chi connectivity index (χ0v) is 14.1. The lowest BCUT2D eigenvalue weighted by molar-refractivity contribution is -0.142. The van der Waals surface area contributed by atoms with Crippen LogP contribution in [0.15, 0.2) is 6.20 Å². The molecule has 2 aliphatic rings. The third-order valence-electron chi connectivity index (χ3n) is 4.56. The van der Waals surface area contributed by atoms with Gasteiger partial charge >= 0.3 is 12.0 Å². The maximum absolute atomic E-state index is 12.1. The molecular weight excluding hydrogens is 310 g/mol. The average Bonchev–Trinajstić information content (AvgIpc) is 3.32. The van der Waals surface area contributed by atoms with E-state index in [2.05, 4.69) is 21.8 Å². The normalized spacial score (nSPS) is 18.5. The Hall–Kier alpha value is -2.12. The van der Waals surface area contributed by atoms with E-state index in [4.69, 9.17) is 4.74 Å². The molecule has 24 heavy (non-hydrogen) atoms. The van der Waals surface area contributed by atoms with E-state index in [1.54, 1.807) is 11.8 Å². The van der Waals surface area contributed by atoms with Gasteiger partial charge in [0.05, 0.1) is 24.8 Å². The van der Waals surface area contributed by atoms with E-state index in [9.17, 15) is 9.59 Å². The summed E-state index contributed by atoms with van der Waals surface area (Å²) in [4.78, 5) is 25.2. The van der Waals surface area contributed by atoms with Crippen molar-refractivity contribution in [3.05, 3.63) is 11.9 Å². The monoisotopic (exact) mass is 335 g/mol. The van der Waals surface area contributed by atoms with Crippen LogP contribution < -0.4 is 5.32 Å². The second-order valence-corrected chi connectivity index (χ2v) is 6.40. The summed E-state index contributed by atoms with van der Waals surface area (Å²) in [6.45, 7) is 3.82. The number of hydrogen-bond donors (Lipinski definition) is 1. The van der Waals surface area contributed by atoms with Crippen LogP contribution in [-0.2, 0) is 9.53 Å². The summed E-state index contributed by atoms with van der Waals surface area (Å²) in [7, 11) is 0. The SMILES string of the molecule is CCOC(=O)CCNC(=O)N1CCC(n2cc(C3CC3)nn2)CC1. The van der Waals surface area contributed by atoms with E-state index in [-0.39, 0.29) is 18.4 Å². The zero-order chi connectivity index (χ0) is 16.9. The number of urea groups is 1. The Labute approximate surface area is 141 Å². The number of nitrogens with one attached hydrogen (secondary N) is 1. The van der Waals surface area contributed by atoms with E-state index in [1.807, 2.05) is 4.68 Å². The van der Waals surface area contributed by atoms with Gasteiger partial charge in [0.1, 0.15) is 0 Å². The predicted octanol–water partition coefficient (Wildman–Crippen LogP) is 1.46. The highest BCUT2D eigenvalue weighted by molar-refractivity contribution is 5.75. The molecule has 2 amide bonds. The van der Waals surface area contributed by atoms with Crippen LogP contribution >= 0.6 is 0 Å². The summed E-state index contributed by atoms with van der Waals surface area (Å²) in [5, 5.41) is 11.3.